The quantitative estimate of drug-likeness (QED) is 0.350. The van der Waals surface area contributed by atoms with Gasteiger partial charge in [0.05, 0.1) is 5.56 Å². The Kier molecular flexibility index (Phi) is 7.44. The number of rotatable bonds is 6. The second-order valence-corrected chi connectivity index (χ2v) is 9.75. The summed E-state index contributed by atoms with van der Waals surface area (Å²) >= 11 is 0. The van der Waals surface area contributed by atoms with Gasteiger partial charge in [0, 0.05) is 48.1 Å². The van der Waals surface area contributed by atoms with E-state index in [1.807, 2.05) is 17.0 Å². The van der Waals surface area contributed by atoms with E-state index in [-0.39, 0.29) is 53.4 Å². The Hall–Kier alpha value is -4.45. The van der Waals surface area contributed by atoms with E-state index in [1.54, 1.807) is 24.4 Å². The molecule has 3 N–H and O–H groups in total. The maximum absolute atomic E-state index is 13.0. The Morgan fingerprint density at radius 1 is 1.07 bits per heavy atom. The number of halogens is 3. The molecule has 2 atom stereocenters. The highest BCUT2D eigenvalue weighted by Gasteiger charge is 2.31. The molecule has 12 heteroatoms. The highest BCUT2D eigenvalue weighted by molar-refractivity contribution is 5.95. The van der Waals surface area contributed by atoms with Crippen LogP contribution in [0.25, 0.3) is 22.6 Å². The zero-order valence-corrected chi connectivity index (χ0v) is 21.8. The SMILES string of the molecule is CC1CN(C(=O)c2ccc(-c3cnc(N)c(OCc4noc(-c5cccc(C(F)(F)F)c5)n4)c3)cc2)CC(C)N1. The van der Waals surface area contributed by atoms with E-state index in [4.69, 9.17) is 15.0 Å². The van der Waals surface area contributed by atoms with Gasteiger partial charge in [-0.2, -0.15) is 18.2 Å². The van der Waals surface area contributed by atoms with Gasteiger partial charge in [-0.05, 0) is 55.8 Å². The van der Waals surface area contributed by atoms with Crippen molar-refractivity contribution in [3.05, 3.63) is 77.7 Å². The number of amides is 1. The van der Waals surface area contributed by atoms with Crippen molar-refractivity contribution in [1.29, 1.82) is 0 Å². The molecule has 1 fully saturated rings. The van der Waals surface area contributed by atoms with Crippen LogP contribution in [0.4, 0.5) is 19.0 Å². The number of piperazine rings is 1. The first-order chi connectivity index (χ1) is 19.1. The van der Waals surface area contributed by atoms with Gasteiger partial charge in [0.25, 0.3) is 11.8 Å². The third-order valence-electron chi connectivity index (χ3n) is 6.45. The molecule has 0 saturated carbocycles. The highest BCUT2D eigenvalue weighted by Crippen LogP contribution is 2.32. The predicted molar refractivity (Wildman–Crippen MR) is 141 cm³/mol. The number of pyridine rings is 1. The minimum Gasteiger partial charge on any atom is -0.482 e. The van der Waals surface area contributed by atoms with Crippen LogP contribution in [0, 0.1) is 0 Å². The number of carbonyl (C=O) groups excluding carboxylic acids is 1. The van der Waals surface area contributed by atoms with Gasteiger partial charge in [-0.25, -0.2) is 4.98 Å². The van der Waals surface area contributed by atoms with Gasteiger partial charge < -0.3 is 25.2 Å². The lowest BCUT2D eigenvalue weighted by atomic mass is 10.0. The lowest BCUT2D eigenvalue weighted by molar-refractivity contribution is -0.137. The largest absolute Gasteiger partial charge is 0.482 e. The molecule has 4 aromatic rings. The van der Waals surface area contributed by atoms with Crippen LogP contribution in [0.1, 0.15) is 35.6 Å². The van der Waals surface area contributed by atoms with Crippen LogP contribution in [0.3, 0.4) is 0 Å². The summed E-state index contributed by atoms with van der Waals surface area (Å²) in [7, 11) is 0. The molecule has 1 aliphatic heterocycles. The Labute approximate surface area is 228 Å². The number of hydrogen-bond acceptors (Lipinski definition) is 8. The summed E-state index contributed by atoms with van der Waals surface area (Å²) in [5.41, 5.74) is 7.43. The number of carbonyl (C=O) groups is 1. The molecular weight excluding hydrogens is 525 g/mol. The number of nitrogens with zero attached hydrogens (tertiary/aromatic N) is 4. The van der Waals surface area contributed by atoms with Crippen LogP contribution in [-0.4, -0.2) is 51.1 Å². The maximum atomic E-state index is 13.0. The van der Waals surface area contributed by atoms with Crippen molar-refractivity contribution in [2.45, 2.75) is 38.7 Å². The minimum atomic E-state index is -4.49. The third-order valence-corrected chi connectivity index (χ3v) is 6.45. The van der Waals surface area contributed by atoms with E-state index in [0.29, 0.717) is 24.2 Å². The van der Waals surface area contributed by atoms with Crippen LogP contribution in [0.5, 0.6) is 5.75 Å². The molecule has 1 aliphatic rings. The average molecular weight is 553 g/mol. The molecule has 0 spiro atoms. The zero-order valence-electron chi connectivity index (χ0n) is 21.8. The fourth-order valence-electron chi connectivity index (χ4n) is 4.61. The molecule has 5 rings (SSSR count). The highest BCUT2D eigenvalue weighted by atomic mass is 19.4. The Bertz CT molecular complexity index is 1500. The molecule has 9 nitrogen and oxygen atoms in total. The standard InChI is InChI=1S/C28H27F3N6O3/c1-16-13-37(14-17(2)34-16)27(38)19-8-6-18(7-9-19)21-11-23(25(32)33-12-21)39-15-24-35-26(40-36-24)20-4-3-5-22(10-20)28(29,30)31/h3-12,16-17,34H,13-15H2,1-2H3,(H2,32,33). The normalized spacial score (nSPS) is 17.6. The molecule has 2 unspecified atom stereocenters. The zero-order chi connectivity index (χ0) is 28.4. The van der Waals surface area contributed by atoms with E-state index in [9.17, 15) is 18.0 Å². The number of hydrogen-bond donors (Lipinski definition) is 2. The molecule has 40 heavy (non-hydrogen) atoms. The minimum absolute atomic E-state index is 0.0178. The second-order valence-electron chi connectivity index (χ2n) is 9.75. The molecule has 0 aliphatic carbocycles. The van der Waals surface area contributed by atoms with Crippen molar-refractivity contribution in [3.8, 4) is 28.3 Å². The maximum Gasteiger partial charge on any atom is 0.416 e. The third kappa shape index (κ3) is 6.07. The lowest BCUT2D eigenvalue weighted by Gasteiger charge is -2.36. The Balaban J connectivity index is 1.26. The lowest BCUT2D eigenvalue weighted by Crippen LogP contribution is -2.55. The smallest absolute Gasteiger partial charge is 0.416 e. The molecule has 2 aromatic heterocycles. The molecular formula is C28H27F3N6O3. The molecule has 2 aromatic carbocycles. The Morgan fingerprint density at radius 2 is 1.80 bits per heavy atom. The monoisotopic (exact) mass is 552 g/mol. The van der Waals surface area contributed by atoms with Gasteiger partial charge in [0.2, 0.25) is 5.82 Å². The van der Waals surface area contributed by atoms with Crippen molar-refractivity contribution >= 4 is 11.7 Å². The predicted octanol–water partition coefficient (Wildman–Crippen LogP) is 4.80. The van der Waals surface area contributed by atoms with Crippen LogP contribution in [-0.2, 0) is 12.8 Å². The number of ether oxygens (including phenoxy) is 1. The van der Waals surface area contributed by atoms with Crippen molar-refractivity contribution in [2.75, 3.05) is 18.8 Å². The van der Waals surface area contributed by atoms with Crippen LogP contribution < -0.4 is 15.8 Å². The number of nitrogen functional groups attached to an aromatic ring is 1. The topological polar surface area (TPSA) is 119 Å². The first kappa shape index (κ1) is 27.1. The van der Waals surface area contributed by atoms with Crippen LogP contribution in [0.2, 0.25) is 0 Å². The molecule has 1 amide bonds. The fraction of sp³-hybridized carbons (Fsp3) is 0.286. The molecule has 0 bridgehead atoms. The first-order valence-electron chi connectivity index (χ1n) is 12.6. The number of nitrogens with two attached hydrogens (primary N) is 1. The van der Waals surface area contributed by atoms with E-state index >= 15 is 0 Å². The molecule has 3 heterocycles. The summed E-state index contributed by atoms with van der Waals surface area (Å²) in [5.74, 6) is 0.447. The fourth-order valence-corrected chi connectivity index (χ4v) is 4.61. The summed E-state index contributed by atoms with van der Waals surface area (Å²) in [6, 6.07) is 14.0. The Morgan fingerprint density at radius 3 is 2.50 bits per heavy atom. The van der Waals surface area contributed by atoms with Crippen molar-refractivity contribution < 1.29 is 27.2 Å². The van der Waals surface area contributed by atoms with Crippen LogP contribution >= 0.6 is 0 Å². The number of nitrogens with one attached hydrogen (secondary N) is 1. The van der Waals surface area contributed by atoms with Crippen LogP contribution in [0.15, 0.2) is 65.3 Å². The summed E-state index contributed by atoms with van der Waals surface area (Å²) in [6.45, 7) is 5.26. The van der Waals surface area contributed by atoms with Gasteiger partial charge in [0.15, 0.2) is 18.2 Å². The number of benzene rings is 2. The average Bonchev–Trinajstić information content (AvgIpc) is 3.41. The van der Waals surface area contributed by atoms with Gasteiger partial charge in [-0.3, -0.25) is 4.79 Å². The van der Waals surface area contributed by atoms with Gasteiger partial charge in [0.1, 0.15) is 0 Å². The molecule has 208 valence electrons. The molecule has 0 radical (unpaired) electrons. The van der Waals surface area contributed by atoms with Crippen molar-refractivity contribution in [2.24, 2.45) is 0 Å². The summed E-state index contributed by atoms with van der Waals surface area (Å²) in [5, 5.41) is 7.21. The number of aromatic nitrogens is 3. The summed E-state index contributed by atoms with van der Waals surface area (Å²) in [4.78, 5) is 23.2. The van der Waals surface area contributed by atoms with Crippen molar-refractivity contribution in [3.63, 3.8) is 0 Å². The molecule has 1 saturated heterocycles. The number of alkyl halides is 3. The van der Waals surface area contributed by atoms with Crippen molar-refractivity contribution in [1.82, 2.24) is 25.3 Å². The first-order valence-corrected chi connectivity index (χ1v) is 12.6. The van der Waals surface area contributed by atoms with E-state index < -0.39 is 11.7 Å². The van der Waals surface area contributed by atoms with E-state index in [1.165, 1.54) is 12.1 Å². The van der Waals surface area contributed by atoms with E-state index in [0.717, 1.165) is 17.7 Å². The van der Waals surface area contributed by atoms with Gasteiger partial charge >= 0.3 is 6.18 Å². The second kappa shape index (κ2) is 11.0. The number of anilines is 1. The van der Waals surface area contributed by atoms with Gasteiger partial charge in [-0.15, -0.1) is 0 Å². The van der Waals surface area contributed by atoms with E-state index in [2.05, 4.69) is 34.3 Å². The summed E-state index contributed by atoms with van der Waals surface area (Å²) < 4.78 is 50.0. The summed E-state index contributed by atoms with van der Waals surface area (Å²) in [6.07, 6.45) is -2.89. The van der Waals surface area contributed by atoms with Gasteiger partial charge in [-0.1, -0.05) is 23.4 Å².